The van der Waals surface area contributed by atoms with E-state index in [-0.39, 0.29) is 12.1 Å². The molecule has 0 saturated carbocycles. The Bertz CT molecular complexity index is 438. The lowest BCUT2D eigenvalue weighted by Crippen LogP contribution is -2.52. The third kappa shape index (κ3) is 2.09. The molecule has 4 heteroatoms. The number of aliphatic hydroxyl groups is 3. The number of nitrogens with zero attached hydrogens (tertiary/aromatic N) is 1. The SMILES string of the molecule is CC1C[C@@H](O)[C@@H]2[C@H](O)[C@H](O)CN2C1c1ccccc1. The minimum atomic E-state index is -0.853. The molecule has 2 heterocycles. The molecule has 1 aromatic rings. The van der Waals surface area contributed by atoms with Gasteiger partial charge in [-0.25, -0.2) is 0 Å². The molecule has 0 spiro atoms. The van der Waals surface area contributed by atoms with E-state index in [9.17, 15) is 15.3 Å². The van der Waals surface area contributed by atoms with Crippen molar-refractivity contribution in [3.8, 4) is 0 Å². The summed E-state index contributed by atoms with van der Waals surface area (Å²) in [5.74, 6) is 0.297. The standard InChI is InChI=1S/C15H21NO3/c1-9-7-11(17)14-15(19)12(18)8-16(14)13(9)10-5-3-2-4-6-10/h2-6,9,11-15,17-19H,7-8H2,1H3/t9?,11-,12-,13?,14-,15-/m1/s1. The molecule has 0 bridgehead atoms. The zero-order valence-corrected chi connectivity index (χ0v) is 11.1. The Labute approximate surface area is 113 Å². The van der Waals surface area contributed by atoms with Crippen molar-refractivity contribution >= 4 is 0 Å². The molecular weight excluding hydrogens is 242 g/mol. The van der Waals surface area contributed by atoms with Crippen LogP contribution in [0, 0.1) is 5.92 Å². The van der Waals surface area contributed by atoms with Crippen molar-refractivity contribution in [3.05, 3.63) is 35.9 Å². The summed E-state index contributed by atoms with van der Waals surface area (Å²) in [4.78, 5) is 2.07. The monoisotopic (exact) mass is 263 g/mol. The third-order valence-electron chi connectivity index (χ3n) is 4.57. The number of hydrogen-bond donors (Lipinski definition) is 3. The smallest absolute Gasteiger partial charge is 0.0991 e. The molecule has 19 heavy (non-hydrogen) atoms. The Hall–Kier alpha value is -0.940. The molecular formula is C15H21NO3. The fraction of sp³-hybridized carbons (Fsp3) is 0.600. The van der Waals surface area contributed by atoms with Crippen molar-refractivity contribution < 1.29 is 15.3 Å². The maximum absolute atomic E-state index is 10.2. The number of rotatable bonds is 1. The van der Waals surface area contributed by atoms with Crippen molar-refractivity contribution in [1.29, 1.82) is 0 Å². The topological polar surface area (TPSA) is 63.9 Å². The number of piperidine rings is 1. The first kappa shape index (κ1) is 13.1. The maximum Gasteiger partial charge on any atom is 0.0991 e. The second-order valence-electron chi connectivity index (χ2n) is 5.88. The van der Waals surface area contributed by atoms with Gasteiger partial charge in [0.05, 0.1) is 24.4 Å². The lowest BCUT2D eigenvalue weighted by atomic mass is 9.81. The highest BCUT2D eigenvalue weighted by atomic mass is 16.3. The summed E-state index contributed by atoms with van der Waals surface area (Å²) >= 11 is 0. The van der Waals surface area contributed by atoms with Crippen LogP contribution in [0.2, 0.25) is 0 Å². The molecule has 0 amide bonds. The Morgan fingerprint density at radius 3 is 2.42 bits per heavy atom. The molecule has 0 radical (unpaired) electrons. The van der Waals surface area contributed by atoms with Gasteiger partial charge in [-0.3, -0.25) is 4.90 Å². The van der Waals surface area contributed by atoms with E-state index >= 15 is 0 Å². The summed E-state index contributed by atoms with van der Waals surface area (Å²) < 4.78 is 0. The van der Waals surface area contributed by atoms with Crippen LogP contribution in [-0.4, -0.2) is 51.1 Å². The van der Waals surface area contributed by atoms with Gasteiger partial charge in [0, 0.05) is 12.6 Å². The Morgan fingerprint density at radius 1 is 1.05 bits per heavy atom. The van der Waals surface area contributed by atoms with E-state index in [1.165, 1.54) is 5.56 Å². The predicted octanol–water partition coefficient (Wildman–Crippen LogP) is 0.534. The molecule has 2 unspecified atom stereocenters. The summed E-state index contributed by atoms with van der Waals surface area (Å²) in [6.07, 6.45) is -1.53. The lowest BCUT2D eigenvalue weighted by Gasteiger charge is -2.45. The molecule has 2 saturated heterocycles. The van der Waals surface area contributed by atoms with Crippen molar-refractivity contribution in [2.24, 2.45) is 5.92 Å². The van der Waals surface area contributed by atoms with E-state index in [1.54, 1.807) is 0 Å². The summed E-state index contributed by atoms with van der Waals surface area (Å²) in [5, 5.41) is 30.1. The van der Waals surface area contributed by atoms with Gasteiger partial charge in [0.25, 0.3) is 0 Å². The Morgan fingerprint density at radius 2 is 1.74 bits per heavy atom. The van der Waals surface area contributed by atoms with Crippen LogP contribution in [0.4, 0.5) is 0 Å². The minimum Gasteiger partial charge on any atom is -0.391 e. The van der Waals surface area contributed by atoms with Crippen molar-refractivity contribution in [1.82, 2.24) is 4.90 Å². The van der Waals surface area contributed by atoms with Gasteiger partial charge in [-0.05, 0) is 17.9 Å². The van der Waals surface area contributed by atoms with E-state index in [4.69, 9.17) is 0 Å². The van der Waals surface area contributed by atoms with Crippen molar-refractivity contribution in [2.45, 2.75) is 43.7 Å². The normalized spacial score (nSPS) is 43.2. The summed E-state index contributed by atoms with van der Waals surface area (Å²) in [6.45, 7) is 2.54. The van der Waals surface area contributed by atoms with E-state index in [1.807, 2.05) is 18.2 Å². The van der Waals surface area contributed by atoms with Gasteiger partial charge in [0.2, 0.25) is 0 Å². The Kier molecular flexibility index (Phi) is 3.35. The number of aliphatic hydroxyl groups excluding tert-OH is 3. The van der Waals surface area contributed by atoms with Gasteiger partial charge in [-0.15, -0.1) is 0 Å². The van der Waals surface area contributed by atoms with Crippen LogP contribution in [0.25, 0.3) is 0 Å². The largest absolute Gasteiger partial charge is 0.391 e. The molecule has 2 fully saturated rings. The predicted molar refractivity (Wildman–Crippen MR) is 71.5 cm³/mol. The second-order valence-corrected chi connectivity index (χ2v) is 5.88. The highest BCUT2D eigenvalue weighted by Crippen LogP contribution is 2.42. The van der Waals surface area contributed by atoms with Crippen LogP contribution in [0.5, 0.6) is 0 Å². The van der Waals surface area contributed by atoms with Crippen LogP contribution in [0.3, 0.4) is 0 Å². The number of fused-ring (bicyclic) bond motifs is 1. The summed E-state index contributed by atoms with van der Waals surface area (Å²) in [6, 6.07) is 9.95. The van der Waals surface area contributed by atoms with Gasteiger partial charge < -0.3 is 15.3 Å². The average Bonchev–Trinajstić information content (AvgIpc) is 2.67. The first-order chi connectivity index (χ1) is 9.09. The summed E-state index contributed by atoms with van der Waals surface area (Å²) in [7, 11) is 0. The molecule has 104 valence electrons. The minimum absolute atomic E-state index is 0.154. The van der Waals surface area contributed by atoms with E-state index < -0.39 is 18.3 Å². The Balaban J connectivity index is 1.95. The van der Waals surface area contributed by atoms with Gasteiger partial charge in [-0.2, -0.15) is 0 Å². The lowest BCUT2D eigenvalue weighted by molar-refractivity contribution is -0.0644. The zero-order valence-electron chi connectivity index (χ0n) is 11.1. The van der Waals surface area contributed by atoms with E-state index in [0.717, 1.165) is 0 Å². The van der Waals surface area contributed by atoms with Crippen LogP contribution < -0.4 is 0 Å². The third-order valence-corrected chi connectivity index (χ3v) is 4.57. The van der Waals surface area contributed by atoms with Crippen LogP contribution >= 0.6 is 0 Å². The number of benzene rings is 1. The molecule has 3 rings (SSSR count). The summed E-state index contributed by atoms with van der Waals surface area (Å²) in [5.41, 5.74) is 1.19. The van der Waals surface area contributed by atoms with Gasteiger partial charge >= 0.3 is 0 Å². The van der Waals surface area contributed by atoms with Gasteiger partial charge in [0.15, 0.2) is 0 Å². The fourth-order valence-electron chi connectivity index (χ4n) is 3.76. The van der Waals surface area contributed by atoms with Crippen molar-refractivity contribution in [3.63, 3.8) is 0 Å². The quantitative estimate of drug-likeness (QED) is 0.692. The van der Waals surface area contributed by atoms with Crippen LogP contribution in [-0.2, 0) is 0 Å². The molecule has 2 aliphatic heterocycles. The molecule has 3 N–H and O–H groups in total. The molecule has 0 aliphatic carbocycles. The fourth-order valence-corrected chi connectivity index (χ4v) is 3.76. The van der Waals surface area contributed by atoms with Crippen LogP contribution in [0.15, 0.2) is 30.3 Å². The molecule has 1 aromatic carbocycles. The maximum atomic E-state index is 10.2. The van der Waals surface area contributed by atoms with Crippen LogP contribution in [0.1, 0.15) is 24.9 Å². The molecule has 0 aromatic heterocycles. The zero-order chi connectivity index (χ0) is 13.6. The first-order valence-corrected chi connectivity index (χ1v) is 6.94. The van der Waals surface area contributed by atoms with E-state index in [2.05, 4.69) is 24.0 Å². The average molecular weight is 263 g/mol. The van der Waals surface area contributed by atoms with Gasteiger partial charge in [-0.1, -0.05) is 37.3 Å². The highest BCUT2D eigenvalue weighted by molar-refractivity contribution is 5.22. The van der Waals surface area contributed by atoms with Gasteiger partial charge in [0.1, 0.15) is 0 Å². The van der Waals surface area contributed by atoms with Crippen molar-refractivity contribution in [2.75, 3.05) is 6.54 Å². The first-order valence-electron chi connectivity index (χ1n) is 6.94. The number of hydrogen-bond acceptors (Lipinski definition) is 4. The highest BCUT2D eigenvalue weighted by Gasteiger charge is 2.51. The molecule has 2 aliphatic rings. The second kappa shape index (κ2) is 4.87. The molecule has 4 nitrogen and oxygen atoms in total. The van der Waals surface area contributed by atoms with E-state index in [0.29, 0.717) is 18.9 Å². The molecule has 6 atom stereocenters.